The maximum Gasteiger partial charge on any atom is 0.126 e. The number of hydrogen-bond acceptors (Lipinski definition) is 3. The number of halogens is 1. The van der Waals surface area contributed by atoms with E-state index in [2.05, 4.69) is 26.2 Å². The van der Waals surface area contributed by atoms with Crippen LogP contribution in [-0.4, -0.2) is 20.9 Å². The molecule has 0 fully saturated rings. The van der Waals surface area contributed by atoms with Crippen molar-refractivity contribution in [2.45, 2.75) is 25.7 Å². The van der Waals surface area contributed by atoms with Crippen molar-refractivity contribution >= 4 is 15.9 Å². The number of aromatic nitrogens is 2. The number of fused-ring (bicyclic) bond motifs is 1. The largest absolute Gasteiger partial charge is 0.377 e. The standard InChI is InChI=1S/C13H14BrN3O/c1-8-13-16-11(6-17(13)7-12(18)15-8)9-2-4-10(14)5-3-9/h2-6,8,12,15,18H,7H2,1H3. The number of aliphatic hydroxyl groups is 1. The lowest BCUT2D eigenvalue weighted by Gasteiger charge is -2.26. The molecule has 5 heteroatoms. The lowest BCUT2D eigenvalue weighted by molar-refractivity contribution is 0.0869. The summed E-state index contributed by atoms with van der Waals surface area (Å²) in [5.41, 5.74) is 2.03. The highest BCUT2D eigenvalue weighted by atomic mass is 79.9. The minimum atomic E-state index is -0.500. The number of imidazole rings is 1. The quantitative estimate of drug-likeness (QED) is 0.850. The molecule has 0 bridgehead atoms. The van der Waals surface area contributed by atoms with Crippen molar-refractivity contribution < 1.29 is 5.11 Å². The fourth-order valence-corrected chi connectivity index (χ4v) is 2.55. The van der Waals surface area contributed by atoms with E-state index in [4.69, 9.17) is 0 Å². The van der Waals surface area contributed by atoms with E-state index in [1.807, 2.05) is 42.0 Å². The summed E-state index contributed by atoms with van der Waals surface area (Å²) in [6.45, 7) is 2.55. The van der Waals surface area contributed by atoms with Crippen molar-refractivity contribution in [1.29, 1.82) is 0 Å². The van der Waals surface area contributed by atoms with Gasteiger partial charge in [-0.2, -0.15) is 0 Å². The van der Waals surface area contributed by atoms with Gasteiger partial charge in [-0.1, -0.05) is 28.1 Å². The fourth-order valence-electron chi connectivity index (χ4n) is 2.28. The molecular formula is C13H14BrN3O. The summed E-state index contributed by atoms with van der Waals surface area (Å²) in [5, 5.41) is 12.8. The molecule has 18 heavy (non-hydrogen) atoms. The molecule has 1 aliphatic rings. The van der Waals surface area contributed by atoms with Crippen LogP contribution in [0, 0.1) is 0 Å². The molecule has 2 unspecified atom stereocenters. The van der Waals surface area contributed by atoms with E-state index in [9.17, 15) is 5.11 Å². The smallest absolute Gasteiger partial charge is 0.126 e. The highest BCUT2D eigenvalue weighted by molar-refractivity contribution is 9.10. The second kappa shape index (κ2) is 4.50. The molecular weight excluding hydrogens is 294 g/mol. The first kappa shape index (κ1) is 11.9. The third kappa shape index (κ3) is 2.09. The molecule has 0 saturated carbocycles. The van der Waals surface area contributed by atoms with E-state index >= 15 is 0 Å². The van der Waals surface area contributed by atoms with Crippen LogP contribution >= 0.6 is 15.9 Å². The zero-order chi connectivity index (χ0) is 12.7. The van der Waals surface area contributed by atoms with Crippen molar-refractivity contribution in [3.05, 3.63) is 40.8 Å². The van der Waals surface area contributed by atoms with Gasteiger partial charge in [-0.25, -0.2) is 4.98 Å². The maximum atomic E-state index is 9.68. The second-order valence-electron chi connectivity index (χ2n) is 4.55. The maximum absolute atomic E-state index is 9.68. The van der Waals surface area contributed by atoms with Gasteiger partial charge >= 0.3 is 0 Å². The molecule has 0 aliphatic carbocycles. The van der Waals surface area contributed by atoms with Crippen molar-refractivity contribution in [3.63, 3.8) is 0 Å². The number of nitrogens with one attached hydrogen (secondary N) is 1. The van der Waals surface area contributed by atoms with Gasteiger partial charge in [0.15, 0.2) is 0 Å². The number of benzene rings is 1. The summed E-state index contributed by atoms with van der Waals surface area (Å²) in [6, 6.07) is 8.15. The van der Waals surface area contributed by atoms with E-state index < -0.39 is 6.23 Å². The summed E-state index contributed by atoms with van der Waals surface area (Å²) < 4.78 is 3.07. The molecule has 2 atom stereocenters. The SMILES string of the molecule is CC1NC(O)Cn2cc(-c3ccc(Br)cc3)nc21. The first-order valence-electron chi connectivity index (χ1n) is 5.90. The molecule has 1 aromatic heterocycles. The summed E-state index contributed by atoms with van der Waals surface area (Å²) in [6.07, 6.45) is 1.50. The van der Waals surface area contributed by atoms with E-state index in [-0.39, 0.29) is 6.04 Å². The normalized spacial score (nSPS) is 22.8. The van der Waals surface area contributed by atoms with Crippen LogP contribution in [0.2, 0.25) is 0 Å². The Morgan fingerprint density at radius 1 is 1.39 bits per heavy atom. The zero-order valence-electron chi connectivity index (χ0n) is 9.97. The molecule has 2 heterocycles. The minimum absolute atomic E-state index is 0.0675. The second-order valence-corrected chi connectivity index (χ2v) is 5.46. The van der Waals surface area contributed by atoms with E-state index in [0.717, 1.165) is 21.6 Å². The number of aliphatic hydroxyl groups excluding tert-OH is 1. The van der Waals surface area contributed by atoms with Gasteiger partial charge in [0, 0.05) is 16.2 Å². The number of rotatable bonds is 1. The Labute approximate surface area is 114 Å². The average molecular weight is 308 g/mol. The predicted molar refractivity (Wildman–Crippen MR) is 72.9 cm³/mol. The molecule has 2 N–H and O–H groups in total. The Morgan fingerprint density at radius 2 is 2.11 bits per heavy atom. The number of hydrogen-bond donors (Lipinski definition) is 2. The van der Waals surface area contributed by atoms with Gasteiger partial charge in [0.25, 0.3) is 0 Å². The van der Waals surface area contributed by atoms with Gasteiger partial charge < -0.3 is 9.67 Å². The van der Waals surface area contributed by atoms with Crippen LogP contribution in [0.3, 0.4) is 0 Å². The Morgan fingerprint density at radius 3 is 2.83 bits per heavy atom. The van der Waals surface area contributed by atoms with Gasteiger partial charge in [-0.3, -0.25) is 5.32 Å². The topological polar surface area (TPSA) is 50.1 Å². The van der Waals surface area contributed by atoms with E-state index in [1.165, 1.54) is 0 Å². The van der Waals surface area contributed by atoms with Crippen LogP contribution in [0.15, 0.2) is 34.9 Å². The zero-order valence-corrected chi connectivity index (χ0v) is 11.6. The van der Waals surface area contributed by atoms with Crippen molar-refractivity contribution in [3.8, 4) is 11.3 Å². The molecule has 4 nitrogen and oxygen atoms in total. The predicted octanol–water partition coefficient (Wildman–Crippen LogP) is 2.30. The van der Waals surface area contributed by atoms with Crippen LogP contribution in [0.1, 0.15) is 18.8 Å². The van der Waals surface area contributed by atoms with Gasteiger partial charge in [-0.15, -0.1) is 0 Å². The molecule has 0 saturated heterocycles. The summed E-state index contributed by atoms with van der Waals surface area (Å²) in [7, 11) is 0. The lowest BCUT2D eigenvalue weighted by Crippen LogP contribution is -2.41. The molecule has 1 aromatic carbocycles. The Bertz CT molecular complexity index is 564. The summed E-state index contributed by atoms with van der Waals surface area (Å²) in [4.78, 5) is 4.64. The third-order valence-electron chi connectivity index (χ3n) is 3.15. The lowest BCUT2D eigenvalue weighted by atomic mass is 10.2. The Hall–Kier alpha value is -1.17. The van der Waals surface area contributed by atoms with Gasteiger partial charge in [0.1, 0.15) is 12.1 Å². The Kier molecular flexibility index (Phi) is 2.97. The van der Waals surface area contributed by atoms with Crippen molar-refractivity contribution in [2.24, 2.45) is 0 Å². The molecule has 0 amide bonds. The van der Waals surface area contributed by atoms with Crippen molar-refractivity contribution in [1.82, 2.24) is 14.9 Å². The Balaban J connectivity index is 2.00. The summed E-state index contributed by atoms with van der Waals surface area (Å²) >= 11 is 3.42. The van der Waals surface area contributed by atoms with E-state index in [1.54, 1.807) is 0 Å². The summed E-state index contributed by atoms with van der Waals surface area (Å²) in [5.74, 6) is 0.971. The van der Waals surface area contributed by atoms with Crippen LogP contribution in [0.25, 0.3) is 11.3 Å². The minimum Gasteiger partial charge on any atom is -0.377 e. The van der Waals surface area contributed by atoms with Crippen molar-refractivity contribution in [2.75, 3.05) is 0 Å². The fraction of sp³-hybridized carbons (Fsp3) is 0.308. The highest BCUT2D eigenvalue weighted by Gasteiger charge is 2.23. The van der Waals surface area contributed by atoms with Crippen LogP contribution in [0.4, 0.5) is 0 Å². The van der Waals surface area contributed by atoms with Crippen LogP contribution < -0.4 is 5.32 Å². The van der Waals surface area contributed by atoms with Crippen LogP contribution in [0.5, 0.6) is 0 Å². The van der Waals surface area contributed by atoms with Gasteiger partial charge in [0.2, 0.25) is 0 Å². The third-order valence-corrected chi connectivity index (χ3v) is 3.68. The van der Waals surface area contributed by atoms with Gasteiger partial charge in [-0.05, 0) is 19.1 Å². The molecule has 1 aliphatic heterocycles. The molecule has 0 spiro atoms. The molecule has 3 rings (SSSR count). The van der Waals surface area contributed by atoms with Crippen LogP contribution in [-0.2, 0) is 6.54 Å². The first-order chi connectivity index (χ1) is 8.63. The molecule has 2 aromatic rings. The van der Waals surface area contributed by atoms with Gasteiger partial charge in [0.05, 0.1) is 18.3 Å². The average Bonchev–Trinajstić information content (AvgIpc) is 2.74. The monoisotopic (exact) mass is 307 g/mol. The highest BCUT2D eigenvalue weighted by Crippen LogP contribution is 2.25. The van der Waals surface area contributed by atoms with E-state index in [0.29, 0.717) is 6.54 Å². The molecule has 0 radical (unpaired) electrons. The first-order valence-corrected chi connectivity index (χ1v) is 6.70. The molecule has 94 valence electrons. The number of nitrogens with zero attached hydrogens (tertiary/aromatic N) is 2.